The first-order chi connectivity index (χ1) is 19.7. The van der Waals surface area contributed by atoms with Gasteiger partial charge in [-0.1, -0.05) is 23.7 Å². The summed E-state index contributed by atoms with van der Waals surface area (Å²) in [6.07, 6.45) is 1.94. The molecule has 41 heavy (non-hydrogen) atoms. The summed E-state index contributed by atoms with van der Waals surface area (Å²) in [5.41, 5.74) is 2.00. The number of Topliss-reactive ketones (excluding diaryl/α,β-unsaturated/α-hetero) is 1. The van der Waals surface area contributed by atoms with E-state index in [-0.39, 0.29) is 31.2 Å². The Balaban J connectivity index is 1.29. The van der Waals surface area contributed by atoms with E-state index in [0.717, 1.165) is 0 Å². The van der Waals surface area contributed by atoms with Crippen molar-refractivity contribution >= 4 is 38.7 Å². The van der Waals surface area contributed by atoms with Crippen molar-refractivity contribution in [3.63, 3.8) is 0 Å². The Hall–Kier alpha value is -3.78. The Bertz CT molecular complexity index is 1420. The lowest BCUT2D eigenvalue weighted by atomic mass is 10.1. The van der Waals surface area contributed by atoms with E-state index in [0.29, 0.717) is 73.7 Å². The summed E-state index contributed by atoms with van der Waals surface area (Å²) in [7, 11) is -4.05. The number of oxazole rings is 1. The summed E-state index contributed by atoms with van der Waals surface area (Å²) in [6, 6.07) is 6.69. The zero-order chi connectivity index (χ0) is 29.4. The molecule has 3 amide bonds. The molecule has 1 aliphatic heterocycles. The van der Waals surface area contributed by atoms with Crippen molar-refractivity contribution in [3.05, 3.63) is 47.2 Å². The first-order valence-electron chi connectivity index (χ1n) is 13.6. The van der Waals surface area contributed by atoms with Gasteiger partial charge in [-0.2, -0.15) is 0 Å². The Morgan fingerprint density at radius 1 is 1.05 bits per heavy atom. The van der Waals surface area contributed by atoms with Gasteiger partial charge >= 0.3 is 6.03 Å². The Morgan fingerprint density at radius 3 is 2.51 bits per heavy atom. The number of ether oxygens (including phenoxy) is 1. The number of fused-ring (bicyclic) bond motifs is 1. The average Bonchev–Trinajstić information content (AvgIpc) is 3.54. The predicted molar refractivity (Wildman–Crippen MR) is 148 cm³/mol. The largest absolute Gasteiger partial charge is 0.434 e. The molecule has 13 nitrogen and oxygen atoms in total. The Morgan fingerprint density at radius 2 is 1.80 bits per heavy atom. The van der Waals surface area contributed by atoms with Crippen LogP contribution in [0.25, 0.3) is 11.1 Å². The average molecular weight is 590 g/mol. The molecule has 14 heteroatoms. The molecule has 0 bridgehead atoms. The number of hydrogen-bond acceptors (Lipinski definition) is 10. The van der Waals surface area contributed by atoms with Gasteiger partial charge in [0.25, 0.3) is 5.89 Å². The van der Waals surface area contributed by atoms with Crippen LogP contribution in [0.3, 0.4) is 0 Å². The van der Waals surface area contributed by atoms with Crippen molar-refractivity contribution in [1.82, 2.24) is 25.7 Å². The highest BCUT2D eigenvalue weighted by Gasteiger charge is 2.35. The van der Waals surface area contributed by atoms with Crippen LogP contribution < -0.4 is 10.6 Å². The molecule has 1 unspecified atom stereocenters. The monoisotopic (exact) mass is 589 g/mol. The number of aromatic nitrogens is 2. The molecule has 1 aliphatic rings. The van der Waals surface area contributed by atoms with Crippen LogP contribution in [0, 0.1) is 13.8 Å². The van der Waals surface area contributed by atoms with Crippen LogP contribution >= 0.6 is 0 Å². The standard InChI is InChI=1S/C27H35N5O8S/c1-18-20(19(2)40-31-18)17-41(36,37)24(16-29-27(35)32-12-14-38-15-13-32)25(34)28-11-7-3-4-9-22(33)26-30-21-8-5-6-10-23(21)39-26/h5-6,8,10,24H,3-4,7,9,11-17H2,1-2H3,(H,28,34)(H,29,35). The minimum atomic E-state index is -4.05. The molecule has 1 saturated heterocycles. The molecule has 4 rings (SSSR count). The number of urea groups is 1. The van der Waals surface area contributed by atoms with Crippen LogP contribution in [0.5, 0.6) is 0 Å². The second-order valence-electron chi connectivity index (χ2n) is 9.90. The number of unbranched alkanes of at least 4 members (excludes halogenated alkanes) is 2. The van der Waals surface area contributed by atoms with Crippen molar-refractivity contribution < 1.29 is 36.5 Å². The lowest BCUT2D eigenvalue weighted by Crippen LogP contribution is -2.52. The first-order valence-corrected chi connectivity index (χ1v) is 15.3. The quantitative estimate of drug-likeness (QED) is 0.222. The molecule has 0 radical (unpaired) electrons. The van der Waals surface area contributed by atoms with E-state index in [1.54, 1.807) is 32.0 Å². The molecule has 1 fully saturated rings. The fourth-order valence-corrected chi connectivity index (χ4v) is 6.22. The Kier molecular flexibility index (Phi) is 10.1. The first kappa shape index (κ1) is 30.2. The molecule has 3 aromatic rings. The summed E-state index contributed by atoms with van der Waals surface area (Å²) in [4.78, 5) is 43.8. The fraction of sp³-hybridized carbons (Fsp3) is 0.519. The Labute approximate surface area is 237 Å². The maximum absolute atomic E-state index is 13.4. The van der Waals surface area contributed by atoms with Crippen molar-refractivity contribution in [2.24, 2.45) is 0 Å². The van der Waals surface area contributed by atoms with Gasteiger partial charge in [0.2, 0.25) is 11.7 Å². The smallest absolute Gasteiger partial charge is 0.317 e. The summed E-state index contributed by atoms with van der Waals surface area (Å²) < 4.78 is 42.6. The summed E-state index contributed by atoms with van der Waals surface area (Å²) in [5.74, 6) is -0.925. The molecular formula is C27H35N5O8S. The van der Waals surface area contributed by atoms with Crippen LogP contribution in [0.4, 0.5) is 4.79 Å². The minimum Gasteiger partial charge on any atom is -0.434 e. The third kappa shape index (κ3) is 7.91. The third-order valence-electron chi connectivity index (χ3n) is 6.90. The van der Waals surface area contributed by atoms with Gasteiger partial charge in [0.05, 0.1) is 24.7 Å². The van der Waals surface area contributed by atoms with Gasteiger partial charge < -0.3 is 29.2 Å². The number of nitrogens with zero attached hydrogens (tertiary/aromatic N) is 3. The topological polar surface area (TPSA) is 174 Å². The van der Waals surface area contributed by atoms with Gasteiger partial charge in [-0.25, -0.2) is 18.2 Å². The molecule has 2 aromatic heterocycles. The predicted octanol–water partition coefficient (Wildman–Crippen LogP) is 2.32. The number of rotatable bonds is 13. The SMILES string of the molecule is Cc1noc(C)c1CS(=O)(=O)C(CNC(=O)N1CCOCC1)C(=O)NCCCCCC(=O)c1nc2ccccc2o1. The lowest BCUT2D eigenvalue weighted by molar-refractivity contribution is -0.120. The lowest BCUT2D eigenvalue weighted by Gasteiger charge is -2.27. The molecule has 1 aromatic carbocycles. The van der Waals surface area contributed by atoms with Crippen LogP contribution in [-0.4, -0.2) is 85.8 Å². The highest BCUT2D eigenvalue weighted by molar-refractivity contribution is 7.92. The molecule has 0 saturated carbocycles. The summed E-state index contributed by atoms with van der Waals surface area (Å²) >= 11 is 0. The van der Waals surface area contributed by atoms with E-state index in [2.05, 4.69) is 20.8 Å². The van der Waals surface area contributed by atoms with Crippen LogP contribution in [0.15, 0.2) is 33.2 Å². The van der Waals surface area contributed by atoms with E-state index >= 15 is 0 Å². The zero-order valence-electron chi connectivity index (χ0n) is 23.2. The second kappa shape index (κ2) is 13.7. The zero-order valence-corrected chi connectivity index (χ0v) is 24.0. The number of ketones is 1. The highest BCUT2D eigenvalue weighted by atomic mass is 32.2. The molecule has 222 valence electrons. The van der Waals surface area contributed by atoms with Gasteiger partial charge in [-0.05, 0) is 38.8 Å². The molecule has 0 aliphatic carbocycles. The molecule has 2 N–H and O–H groups in total. The van der Waals surface area contributed by atoms with E-state index in [1.807, 2.05) is 6.07 Å². The number of morpholine rings is 1. The van der Waals surface area contributed by atoms with Gasteiger partial charge in [0.1, 0.15) is 11.3 Å². The van der Waals surface area contributed by atoms with Crippen molar-refractivity contribution in [2.45, 2.75) is 50.5 Å². The van der Waals surface area contributed by atoms with E-state index in [1.165, 1.54) is 4.90 Å². The normalized spacial score (nSPS) is 14.6. The van der Waals surface area contributed by atoms with Gasteiger partial charge in [0, 0.05) is 38.2 Å². The number of hydrogen-bond donors (Lipinski definition) is 2. The molecule has 3 heterocycles. The van der Waals surface area contributed by atoms with E-state index < -0.39 is 32.8 Å². The number of benzene rings is 1. The number of carbonyl (C=O) groups excluding carboxylic acids is 3. The summed E-state index contributed by atoms with van der Waals surface area (Å²) in [5, 5.41) is 7.56. The van der Waals surface area contributed by atoms with Crippen molar-refractivity contribution in [2.75, 3.05) is 39.4 Å². The second-order valence-corrected chi connectivity index (χ2v) is 12.1. The minimum absolute atomic E-state index is 0.0740. The van der Waals surface area contributed by atoms with E-state index in [9.17, 15) is 22.8 Å². The highest BCUT2D eigenvalue weighted by Crippen LogP contribution is 2.19. The van der Waals surface area contributed by atoms with Gasteiger partial charge in [-0.3, -0.25) is 9.59 Å². The number of nitrogens with one attached hydrogen (secondary N) is 2. The van der Waals surface area contributed by atoms with Crippen molar-refractivity contribution in [3.8, 4) is 0 Å². The van der Waals surface area contributed by atoms with Gasteiger partial charge in [0.15, 0.2) is 20.7 Å². The number of aryl methyl sites for hydroxylation is 2. The summed E-state index contributed by atoms with van der Waals surface area (Å²) in [6.45, 7) is 4.61. The van der Waals surface area contributed by atoms with Crippen molar-refractivity contribution in [1.29, 1.82) is 0 Å². The maximum atomic E-state index is 13.4. The molecular weight excluding hydrogens is 554 g/mol. The van der Waals surface area contributed by atoms with E-state index in [4.69, 9.17) is 13.7 Å². The number of para-hydroxylation sites is 2. The number of amides is 3. The van der Waals surface area contributed by atoms with Crippen LogP contribution in [-0.2, 0) is 25.1 Å². The van der Waals surface area contributed by atoms with Gasteiger partial charge in [-0.15, -0.1) is 0 Å². The fourth-order valence-electron chi connectivity index (χ4n) is 4.46. The maximum Gasteiger partial charge on any atom is 0.317 e. The molecule has 1 atom stereocenters. The van der Waals surface area contributed by atoms with Crippen LogP contribution in [0.1, 0.15) is 53.4 Å². The number of sulfone groups is 1. The number of carbonyl (C=O) groups is 3. The van der Waals surface area contributed by atoms with Crippen LogP contribution in [0.2, 0.25) is 0 Å². The molecule has 0 spiro atoms. The third-order valence-corrected chi connectivity index (χ3v) is 8.84.